The van der Waals surface area contributed by atoms with Crippen molar-refractivity contribution in [3.05, 3.63) is 95.6 Å². The minimum Gasteiger partial charge on any atom is -0.483 e. The molecule has 0 unspecified atom stereocenters. The number of nitrogens with zero attached hydrogens (tertiary/aromatic N) is 1. The van der Waals surface area contributed by atoms with Gasteiger partial charge in [0.2, 0.25) is 5.88 Å². The molecule has 3 aromatic carbocycles. The standard InChI is InChI=1S/C30H28N2O3/c1-20-15-16-25(24(17-20)30(2,3)4)34-19-26(33)32-29-23(18-31)27(21-11-7-5-8-12-21)28(35-29)22-13-9-6-10-14-22/h5-17H,19H2,1-4H3,(H,32,33). The summed E-state index contributed by atoms with van der Waals surface area (Å²) in [6, 6.07) is 27.2. The average molecular weight is 465 g/mol. The van der Waals surface area contributed by atoms with Gasteiger partial charge in [-0.1, -0.05) is 99.1 Å². The fourth-order valence-corrected chi connectivity index (χ4v) is 3.96. The summed E-state index contributed by atoms with van der Waals surface area (Å²) in [6.07, 6.45) is 0. The number of hydrogen-bond donors (Lipinski definition) is 1. The zero-order valence-electron chi connectivity index (χ0n) is 20.4. The lowest BCUT2D eigenvalue weighted by Crippen LogP contribution is -2.22. The fraction of sp³-hybridized carbons (Fsp3) is 0.200. The first-order chi connectivity index (χ1) is 16.8. The van der Waals surface area contributed by atoms with Gasteiger partial charge >= 0.3 is 0 Å². The second-order valence-corrected chi connectivity index (χ2v) is 9.44. The third-order valence-electron chi connectivity index (χ3n) is 5.67. The van der Waals surface area contributed by atoms with Crippen LogP contribution < -0.4 is 10.1 Å². The Bertz CT molecular complexity index is 1380. The number of furan rings is 1. The number of benzene rings is 3. The number of carbonyl (C=O) groups excluding carboxylic acids is 1. The van der Waals surface area contributed by atoms with Crippen LogP contribution in [-0.2, 0) is 10.2 Å². The van der Waals surface area contributed by atoms with Gasteiger partial charge in [0.1, 0.15) is 23.1 Å². The van der Waals surface area contributed by atoms with E-state index in [1.54, 1.807) is 0 Å². The molecule has 1 amide bonds. The number of carbonyl (C=O) groups is 1. The van der Waals surface area contributed by atoms with Gasteiger partial charge in [-0.3, -0.25) is 10.1 Å². The van der Waals surface area contributed by atoms with Crippen LogP contribution in [0.3, 0.4) is 0 Å². The van der Waals surface area contributed by atoms with Crippen LogP contribution in [0.2, 0.25) is 0 Å². The highest BCUT2D eigenvalue weighted by atomic mass is 16.5. The SMILES string of the molecule is Cc1ccc(OCC(=O)Nc2oc(-c3ccccc3)c(-c3ccccc3)c2C#N)c(C(C)(C)C)c1. The Hall–Kier alpha value is -4.30. The molecule has 0 radical (unpaired) electrons. The predicted octanol–water partition coefficient (Wildman–Crippen LogP) is 7.11. The Morgan fingerprint density at radius 3 is 2.20 bits per heavy atom. The number of rotatable bonds is 6. The minimum absolute atomic E-state index is 0.110. The largest absolute Gasteiger partial charge is 0.483 e. The van der Waals surface area contributed by atoms with Gasteiger partial charge in [-0.15, -0.1) is 0 Å². The van der Waals surface area contributed by atoms with Gasteiger partial charge in [0, 0.05) is 11.1 Å². The third kappa shape index (κ3) is 5.28. The fourth-order valence-electron chi connectivity index (χ4n) is 3.96. The zero-order chi connectivity index (χ0) is 25.0. The Morgan fingerprint density at radius 1 is 0.971 bits per heavy atom. The van der Waals surface area contributed by atoms with E-state index in [2.05, 4.69) is 38.2 Å². The molecule has 0 fully saturated rings. The number of aryl methyl sites for hydroxylation is 1. The van der Waals surface area contributed by atoms with E-state index in [9.17, 15) is 10.1 Å². The number of hydrogen-bond acceptors (Lipinski definition) is 4. The number of anilines is 1. The Labute approximate surface area is 206 Å². The summed E-state index contributed by atoms with van der Waals surface area (Å²) in [7, 11) is 0. The van der Waals surface area contributed by atoms with Crippen molar-refractivity contribution in [3.63, 3.8) is 0 Å². The molecule has 0 aliphatic heterocycles. The van der Waals surface area contributed by atoms with Crippen LogP contribution in [0.5, 0.6) is 5.75 Å². The van der Waals surface area contributed by atoms with Crippen LogP contribution in [0.1, 0.15) is 37.5 Å². The number of nitrogens with one attached hydrogen (secondary N) is 1. The predicted molar refractivity (Wildman–Crippen MR) is 138 cm³/mol. The molecule has 0 atom stereocenters. The summed E-state index contributed by atoms with van der Waals surface area (Å²) in [4.78, 5) is 12.9. The molecule has 1 heterocycles. The second kappa shape index (κ2) is 9.90. The molecule has 0 saturated heterocycles. The highest BCUT2D eigenvalue weighted by Gasteiger charge is 2.25. The normalized spacial score (nSPS) is 11.1. The van der Waals surface area contributed by atoms with Crippen molar-refractivity contribution >= 4 is 11.8 Å². The summed E-state index contributed by atoms with van der Waals surface area (Å²) < 4.78 is 12.0. The molecule has 1 N–H and O–H groups in total. The average Bonchev–Trinajstić information content (AvgIpc) is 3.21. The van der Waals surface area contributed by atoms with E-state index in [0.717, 1.165) is 22.3 Å². The van der Waals surface area contributed by atoms with Crippen LogP contribution in [-0.4, -0.2) is 12.5 Å². The maximum absolute atomic E-state index is 12.9. The Kier molecular flexibility index (Phi) is 6.75. The van der Waals surface area contributed by atoms with E-state index < -0.39 is 5.91 Å². The van der Waals surface area contributed by atoms with Crippen molar-refractivity contribution in [2.75, 3.05) is 11.9 Å². The smallest absolute Gasteiger partial charge is 0.264 e. The van der Waals surface area contributed by atoms with E-state index in [1.807, 2.05) is 79.7 Å². The monoisotopic (exact) mass is 464 g/mol. The van der Waals surface area contributed by atoms with E-state index in [4.69, 9.17) is 9.15 Å². The minimum atomic E-state index is -0.407. The molecule has 0 aliphatic rings. The highest BCUT2D eigenvalue weighted by molar-refractivity contribution is 5.96. The lowest BCUT2D eigenvalue weighted by atomic mass is 9.85. The quantitative estimate of drug-likeness (QED) is 0.330. The van der Waals surface area contributed by atoms with Crippen LogP contribution in [0.15, 0.2) is 83.3 Å². The number of amides is 1. The molecular weight excluding hydrogens is 436 g/mol. The molecule has 176 valence electrons. The van der Waals surface area contributed by atoms with Gasteiger partial charge in [-0.05, 0) is 29.5 Å². The van der Waals surface area contributed by atoms with Crippen molar-refractivity contribution in [1.29, 1.82) is 5.26 Å². The van der Waals surface area contributed by atoms with Crippen molar-refractivity contribution < 1.29 is 13.9 Å². The van der Waals surface area contributed by atoms with Crippen LogP contribution in [0, 0.1) is 18.3 Å². The van der Waals surface area contributed by atoms with Crippen molar-refractivity contribution in [2.24, 2.45) is 0 Å². The van der Waals surface area contributed by atoms with Crippen LogP contribution >= 0.6 is 0 Å². The first-order valence-electron chi connectivity index (χ1n) is 11.5. The molecule has 4 rings (SSSR count). The lowest BCUT2D eigenvalue weighted by molar-refractivity contribution is -0.118. The summed E-state index contributed by atoms with van der Waals surface area (Å²) in [5, 5.41) is 12.7. The first-order valence-corrected chi connectivity index (χ1v) is 11.5. The van der Waals surface area contributed by atoms with E-state index >= 15 is 0 Å². The Morgan fingerprint density at radius 2 is 1.60 bits per heavy atom. The summed E-state index contributed by atoms with van der Waals surface area (Å²) >= 11 is 0. The van der Waals surface area contributed by atoms with Crippen molar-refractivity contribution in [3.8, 4) is 34.3 Å². The first kappa shape index (κ1) is 23.8. The third-order valence-corrected chi connectivity index (χ3v) is 5.67. The van der Waals surface area contributed by atoms with E-state index in [0.29, 0.717) is 17.1 Å². The van der Waals surface area contributed by atoms with Gasteiger partial charge in [-0.2, -0.15) is 5.26 Å². The molecule has 1 aromatic heterocycles. The van der Waals surface area contributed by atoms with Crippen molar-refractivity contribution in [2.45, 2.75) is 33.1 Å². The molecule has 5 nitrogen and oxygen atoms in total. The van der Waals surface area contributed by atoms with Crippen molar-refractivity contribution in [1.82, 2.24) is 0 Å². The number of ether oxygens (including phenoxy) is 1. The summed E-state index contributed by atoms with van der Waals surface area (Å²) in [5.41, 5.74) is 4.58. The van der Waals surface area contributed by atoms with Crippen LogP contribution in [0.4, 0.5) is 5.88 Å². The maximum atomic E-state index is 12.9. The topological polar surface area (TPSA) is 75.3 Å². The molecule has 0 bridgehead atoms. The molecular formula is C30H28N2O3. The maximum Gasteiger partial charge on any atom is 0.264 e. The van der Waals surface area contributed by atoms with Gasteiger partial charge in [0.15, 0.2) is 6.61 Å². The molecule has 0 saturated carbocycles. The molecule has 35 heavy (non-hydrogen) atoms. The van der Waals surface area contributed by atoms with Gasteiger partial charge in [-0.25, -0.2) is 0 Å². The van der Waals surface area contributed by atoms with E-state index in [1.165, 1.54) is 0 Å². The molecule has 0 aliphatic carbocycles. The van der Waals surface area contributed by atoms with E-state index in [-0.39, 0.29) is 23.5 Å². The van der Waals surface area contributed by atoms with Gasteiger partial charge in [0.05, 0.1) is 0 Å². The number of nitriles is 1. The zero-order valence-corrected chi connectivity index (χ0v) is 20.4. The molecule has 0 spiro atoms. The summed E-state index contributed by atoms with van der Waals surface area (Å²) in [6.45, 7) is 8.13. The molecule has 4 aromatic rings. The van der Waals surface area contributed by atoms with Gasteiger partial charge in [0.25, 0.3) is 5.91 Å². The second-order valence-electron chi connectivity index (χ2n) is 9.44. The molecule has 5 heteroatoms. The van der Waals surface area contributed by atoms with Gasteiger partial charge < -0.3 is 9.15 Å². The van der Waals surface area contributed by atoms with Crippen LogP contribution in [0.25, 0.3) is 22.5 Å². The lowest BCUT2D eigenvalue weighted by Gasteiger charge is -2.23. The summed E-state index contributed by atoms with van der Waals surface area (Å²) in [5.74, 6) is 0.889. The Balaban J connectivity index is 1.64. The highest BCUT2D eigenvalue weighted by Crippen LogP contribution is 2.41.